The summed E-state index contributed by atoms with van der Waals surface area (Å²) in [4.78, 5) is 13.2. The van der Waals surface area contributed by atoms with E-state index < -0.39 is 0 Å². The maximum Gasteiger partial charge on any atom is 0.163 e. The number of Topliss-reactive ketones (excluding diaryl/α,β-unsaturated/α-hetero) is 1. The van der Waals surface area contributed by atoms with Crippen molar-refractivity contribution in [1.82, 2.24) is 4.90 Å². The van der Waals surface area contributed by atoms with E-state index in [0.29, 0.717) is 12.1 Å². The Morgan fingerprint density at radius 2 is 2.00 bits per heavy atom. The molecule has 1 aromatic rings. The molecule has 15 heavy (non-hydrogen) atoms. The van der Waals surface area contributed by atoms with Gasteiger partial charge in [0.1, 0.15) is 5.75 Å². The molecular formula is C12H17NO2. The molecule has 0 aliphatic rings. The molecule has 0 aromatic heterocycles. The number of aromatic hydroxyl groups is 1. The third-order valence-corrected chi connectivity index (χ3v) is 2.20. The Labute approximate surface area is 90.3 Å². The van der Waals surface area contributed by atoms with Gasteiger partial charge in [-0.2, -0.15) is 0 Å². The van der Waals surface area contributed by atoms with Gasteiger partial charge in [-0.1, -0.05) is 6.07 Å². The van der Waals surface area contributed by atoms with Gasteiger partial charge < -0.3 is 10.0 Å². The van der Waals surface area contributed by atoms with E-state index in [1.54, 1.807) is 6.07 Å². The van der Waals surface area contributed by atoms with Gasteiger partial charge >= 0.3 is 0 Å². The monoisotopic (exact) mass is 207 g/mol. The average molecular weight is 207 g/mol. The number of rotatable bonds is 3. The fraction of sp³-hybridized carbons (Fsp3) is 0.417. The minimum atomic E-state index is -0.101. The summed E-state index contributed by atoms with van der Waals surface area (Å²) >= 11 is 0. The largest absolute Gasteiger partial charge is 0.507 e. The van der Waals surface area contributed by atoms with Gasteiger partial charge in [-0.3, -0.25) is 4.79 Å². The summed E-state index contributed by atoms with van der Waals surface area (Å²) in [7, 11) is 3.85. The lowest BCUT2D eigenvalue weighted by atomic mass is 10.0. The second kappa shape index (κ2) is 4.45. The quantitative estimate of drug-likeness (QED) is 0.770. The number of hydrogen-bond donors (Lipinski definition) is 1. The van der Waals surface area contributed by atoms with Crippen molar-refractivity contribution in [3.05, 3.63) is 28.8 Å². The Morgan fingerprint density at radius 3 is 2.47 bits per heavy atom. The Morgan fingerprint density at radius 1 is 1.40 bits per heavy atom. The lowest BCUT2D eigenvalue weighted by Gasteiger charge is -2.14. The first-order chi connectivity index (χ1) is 6.91. The highest BCUT2D eigenvalue weighted by atomic mass is 16.3. The number of phenolic OH excluding ortho intramolecular Hbond substituents is 1. The zero-order chi connectivity index (χ0) is 11.6. The lowest BCUT2D eigenvalue weighted by Crippen LogP contribution is -2.11. The topological polar surface area (TPSA) is 40.5 Å². The Kier molecular flexibility index (Phi) is 3.48. The van der Waals surface area contributed by atoms with Crippen molar-refractivity contribution in [1.29, 1.82) is 0 Å². The second-order valence-corrected chi connectivity index (χ2v) is 4.11. The summed E-state index contributed by atoms with van der Waals surface area (Å²) in [6.07, 6.45) is 0. The van der Waals surface area contributed by atoms with Crippen LogP contribution in [0.3, 0.4) is 0 Å². The molecule has 1 N–H and O–H groups in total. The van der Waals surface area contributed by atoms with Crippen molar-refractivity contribution < 1.29 is 9.90 Å². The van der Waals surface area contributed by atoms with Crippen LogP contribution in [0.25, 0.3) is 0 Å². The van der Waals surface area contributed by atoms with Crippen LogP contribution < -0.4 is 0 Å². The van der Waals surface area contributed by atoms with Crippen molar-refractivity contribution in [2.24, 2.45) is 0 Å². The molecule has 0 unspecified atom stereocenters. The molecule has 1 aromatic carbocycles. The van der Waals surface area contributed by atoms with Gasteiger partial charge in [0.2, 0.25) is 0 Å². The first-order valence-electron chi connectivity index (χ1n) is 4.90. The number of carbonyl (C=O) groups excluding carboxylic acids is 1. The van der Waals surface area contributed by atoms with Gasteiger partial charge in [0.15, 0.2) is 5.78 Å². The van der Waals surface area contributed by atoms with E-state index in [1.165, 1.54) is 6.92 Å². The number of phenols is 1. The van der Waals surface area contributed by atoms with Crippen LogP contribution in [0.5, 0.6) is 5.75 Å². The van der Waals surface area contributed by atoms with E-state index in [-0.39, 0.29) is 11.5 Å². The third-order valence-electron chi connectivity index (χ3n) is 2.20. The fourth-order valence-corrected chi connectivity index (χ4v) is 1.58. The molecule has 0 amide bonds. The van der Waals surface area contributed by atoms with Crippen molar-refractivity contribution in [3.8, 4) is 5.75 Å². The van der Waals surface area contributed by atoms with Crippen LogP contribution in [-0.2, 0) is 6.54 Å². The van der Waals surface area contributed by atoms with Crippen molar-refractivity contribution in [3.63, 3.8) is 0 Å². The molecule has 0 saturated heterocycles. The fourth-order valence-electron chi connectivity index (χ4n) is 1.58. The van der Waals surface area contributed by atoms with Gasteiger partial charge in [-0.15, -0.1) is 0 Å². The van der Waals surface area contributed by atoms with E-state index in [0.717, 1.165) is 11.1 Å². The molecule has 0 radical (unpaired) electrons. The third kappa shape index (κ3) is 2.80. The van der Waals surface area contributed by atoms with Crippen LogP contribution >= 0.6 is 0 Å². The summed E-state index contributed by atoms with van der Waals surface area (Å²) in [5.41, 5.74) is 2.20. The lowest BCUT2D eigenvalue weighted by molar-refractivity contribution is 0.101. The second-order valence-electron chi connectivity index (χ2n) is 4.11. The highest BCUT2D eigenvalue weighted by Gasteiger charge is 2.12. The van der Waals surface area contributed by atoms with Gasteiger partial charge in [-0.05, 0) is 39.6 Å². The van der Waals surface area contributed by atoms with Crippen molar-refractivity contribution in [2.45, 2.75) is 20.4 Å². The Balaban J connectivity index is 3.22. The highest BCUT2D eigenvalue weighted by molar-refractivity contribution is 5.97. The molecule has 1 rings (SSSR count). The van der Waals surface area contributed by atoms with E-state index >= 15 is 0 Å². The molecule has 0 aliphatic carbocycles. The zero-order valence-corrected chi connectivity index (χ0v) is 9.66. The van der Waals surface area contributed by atoms with Gasteiger partial charge in [0, 0.05) is 12.1 Å². The average Bonchev–Trinajstić information content (AvgIpc) is 2.09. The number of aryl methyl sites for hydroxylation is 1. The summed E-state index contributed by atoms with van der Waals surface area (Å²) in [5.74, 6) is 0.0120. The van der Waals surface area contributed by atoms with Crippen LogP contribution in [0.2, 0.25) is 0 Å². The van der Waals surface area contributed by atoms with Crippen molar-refractivity contribution in [2.75, 3.05) is 14.1 Å². The summed E-state index contributed by atoms with van der Waals surface area (Å²) in [5, 5.41) is 9.89. The predicted molar refractivity (Wildman–Crippen MR) is 60.2 cm³/mol. The molecule has 0 fully saturated rings. The van der Waals surface area contributed by atoms with Gasteiger partial charge in [0.05, 0.1) is 5.56 Å². The maximum absolute atomic E-state index is 11.3. The molecule has 0 heterocycles. The number of carbonyl (C=O) groups is 1. The minimum absolute atomic E-state index is 0.101. The number of ketones is 1. The summed E-state index contributed by atoms with van der Waals surface area (Å²) < 4.78 is 0. The normalized spacial score (nSPS) is 10.7. The van der Waals surface area contributed by atoms with Crippen LogP contribution in [0.1, 0.15) is 28.4 Å². The van der Waals surface area contributed by atoms with E-state index in [4.69, 9.17) is 0 Å². The first-order valence-corrected chi connectivity index (χ1v) is 4.90. The maximum atomic E-state index is 11.3. The molecule has 82 valence electrons. The molecule has 0 spiro atoms. The van der Waals surface area contributed by atoms with Crippen LogP contribution in [-0.4, -0.2) is 29.9 Å². The molecular weight excluding hydrogens is 190 g/mol. The predicted octanol–water partition coefficient (Wildman–Crippen LogP) is 1.96. The highest BCUT2D eigenvalue weighted by Crippen LogP contribution is 2.25. The molecule has 0 saturated carbocycles. The van der Waals surface area contributed by atoms with E-state index in [1.807, 2.05) is 32.0 Å². The van der Waals surface area contributed by atoms with E-state index in [9.17, 15) is 9.90 Å². The Bertz CT molecular complexity index is 383. The van der Waals surface area contributed by atoms with Gasteiger partial charge in [0.25, 0.3) is 0 Å². The van der Waals surface area contributed by atoms with Crippen LogP contribution in [0.4, 0.5) is 0 Å². The van der Waals surface area contributed by atoms with Crippen LogP contribution in [0.15, 0.2) is 12.1 Å². The zero-order valence-electron chi connectivity index (χ0n) is 9.66. The number of hydrogen-bond acceptors (Lipinski definition) is 3. The van der Waals surface area contributed by atoms with Crippen molar-refractivity contribution >= 4 is 5.78 Å². The SMILES string of the molecule is CC(=O)c1cc(C)cc(CN(C)C)c1O. The number of nitrogens with zero attached hydrogens (tertiary/aromatic N) is 1. The van der Waals surface area contributed by atoms with E-state index in [2.05, 4.69) is 0 Å². The van der Waals surface area contributed by atoms with Crippen LogP contribution in [0, 0.1) is 6.92 Å². The standard InChI is InChI=1S/C12H17NO2/c1-8-5-10(7-13(3)4)12(15)11(6-8)9(2)14/h5-6,15H,7H2,1-4H3. The Hall–Kier alpha value is -1.35. The summed E-state index contributed by atoms with van der Waals surface area (Å²) in [6.45, 7) is 4.02. The molecule has 0 bridgehead atoms. The summed E-state index contributed by atoms with van der Waals surface area (Å²) in [6, 6.07) is 3.62. The molecule has 0 atom stereocenters. The minimum Gasteiger partial charge on any atom is -0.507 e. The number of benzene rings is 1. The molecule has 3 heteroatoms. The van der Waals surface area contributed by atoms with Gasteiger partial charge in [-0.25, -0.2) is 0 Å². The molecule has 3 nitrogen and oxygen atoms in total. The smallest absolute Gasteiger partial charge is 0.163 e. The first kappa shape index (κ1) is 11.7. The molecule has 0 aliphatic heterocycles.